The van der Waals surface area contributed by atoms with Crippen molar-refractivity contribution in [3.63, 3.8) is 0 Å². The minimum Gasteiger partial charge on any atom is -0.490 e. The fourth-order valence-corrected chi connectivity index (χ4v) is 2.45. The van der Waals surface area contributed by atoms with Crippen molar-refractivity contribution in [2.45, 2.75) is 38.6 Å². The summed E-state index contributed by atoms with van der Waals surface area (Å²) in [4.78, 5) is 0. The molecule has 1 N–H and O–H groups in total. The van der Waals surface area contributed by atoms with Crippen LogP contribution in [0.25, 0.3) is 0 Å². The molecule has 3 rings (SSSR count). The molecule has 1 heterocycles. The summed E-state index contributed by atoms with van der Waals surface area (Å²) in [5.41, 5.74) is 1.13. The van der Waals surface area contributed by atoms with E-state index in [1.54, 1.807) is 0 Å². The number of nitrogens with one attached hydrogen (secondary N) is 1. The Morgan fingerprint density at radius 1 is 1.22 bits per heavy atom. The lowest BCUT2D eigenvalue weighted by Crippen LogP contribution is -2.15. The van der Waals surface area contributed by atoms with Crippen molar-refractivity contribution in [2.24, 2.45) is 5.92 Å². The van der Waals surface area contributed by atoms with E-state index in [1.165, 1.54) is 19.3 Å². The molecule has 1 aromatic rings. The highest BCUT2D eigenvalue weighted by molar-refractivity contribution is 5.55. The van der Waals surface area contributed by atoms with Gasteiger partial charge in [0.15, 0.2) is 11.5 Å². The van der Waals surface area contributed by atoms with Gasteiger partial charge in [-0.1, -0.05) is 12.8 Å². The van der Waals surface area contributed by atoms with Gasteiger partial charge in [0.05, 0.1) is 13.2 Å². The second-order valence-corrected chi connectivity index (χ2v) is 5.44. The molecule has 3 nitrogen and oxygen atoms in total. The van der Waals surface area contributed by atoms with Crippen LogP contribution >= 0.6 is 0 Å². The third-order valence-electron chi connectivity index (χ3n) is 3.54. The molecule has 0 aromatic heterocycles. The third kappa shape index (κ3) is 2.89. The van der Waals surface area contributed by atoms with Gasteiger partial charge in [-0.05, 0) is 31.4 Å². The Bertz CT molecular complexity index is 415. The molecule has 0 spiro atoms. The molecule has 0 bridgehead atoms. The Morgan fingerprint density at radius 3 is 2.78 bits per heavy atom. The maximum absolute atomic E-state index is 5.70. The van der Waals surface area contributed by atoms with Crippen molar-refractivity contribution in [3.8, 4) is 11.5 Å². The second-order valence-electron chi connectivity index (χ2n) is 5.44. The van der Waals surface area contributed by atoms with Crippen LogP contribution in [0.2, 0.25) is 0 Å². The molecule has 0 amide bonds. The number of hydrogen-bond donors (Lipinski definition) is 1. The summed E-state index contributed by atoms with van der Waals surface area (Å²) in [5.74, 6) is 2.69. The van der Waals surface area contributed by atoms with Crippen LogP contribution in [0.4, 0.5) is 5.69 Å². The molecule has 0 saturated heterocycles. The summed E-state index contributed by atoms with van der Waals surface area (Å²) in [6, 6.07) is 6.68. The molecule has 18 heavy (non-hydrogen) atoms. The predicted octanol–water partition coefficient (Wildman–Crippen LogP) is 3.45. The second kappa shape index (κ2) is 5.09. The van der Waals surface area contributed by atoms with Crippen molar-refractivity contribution in [3.05, 3.63) is 18.2 Å². The monoisotopic (exact) mass is 247 g/mol. The summed E-state index contributed by atoms with van der Waals surface area (Å²) in [6.07, 6.45) is 5.05. The minimum atomic E-state index is 0.530. The van der Waals surface area contributed by atoms with Crippen molar-refractivity contribution in [2.75, 3.05) is 18.5 Å². The lowest BCUT2D eigenvalue weighted by Gasteiger charge is -2.16. The van der Waals surface area contributed by atoms with E-state index in [9.17, 15) is 0 Å². The van der Waals surface area contributed by atoms with Crippen LogP contribution < -0.4 is 14.8 Å². The van der Waals surface area contributed by atoms with Gasteiger partial charge in [-0.15, -0.1) is 0 Å². The molecule has 1 unspecified atom stereocenters. The molecule has 98 valence electrons. The van der Waals surface area contributed by atoms with Gasteiger partial charge in [-0.25, -0.2) is 0 Å². The molecule has 2 aliphatic rings. The maximum atomic E-state index is 5.70. The van der Waals surface area contributed by atoms with Crippen LogP contribution in [0.15, 0.2) is 18.2 Å². The van der Waals surface area contributed by atoms with Gasteiger partial charge in [-0.2, -0.15) is 0 Å². The highest BCUT2D eigenvalue weighted by Crippen LogP contribution is 2.35. The summed E-state index contributed by atoms with van der Waals surface area (Å²) < 4.78 is 11.3. The first-order valence-corrected chi connectivity index (χ1v) is 6.97. The quantitative estimate of drug-likeness (QED) is 0.884. The van der Waals surface area contributed by atoms with E-state index in [0.717, 1.165) is 42.7 Å². The zero-order valence-corrected chi connectivity index (χ0v) is 10.9. The number of fused-ring (bicyclic) bond motifs is 1. The van der Waals surface area contributed by atoms with E-state index in [1.807, 2.05) is 6.07 Å². The Morgan fingerprint density at radius 2 is 2.00 bits per heavy atom. The molecule has 1 saturated carbocycles. The molecule has 1 aliphatic carbocycles. The van der Waals surface area contributed by atoms with Gasteiger partial charge in [0, 0.05) is 24.2 Å². The molecular weight excluding hydrogens is 226 g/mol. The summed E-state index contributed by atoms with van der Waals surface area (Å²) in [6.45, 7) is 3.74. The van der Waals surface area contributed by atoms with Gasteiger partial charge < -0.3 is 14.8 Å². The number of anilines is 1. The van der Waals surface area contributed by atoms with E-state index >= 15 is 0 Å². The van der Waals surface area contributed by atoms with E-state index in [4.69, 9.17) is 9.47 Å². The molecule has 3 heteroatoms. The summed E-state index contributed by atoms with van der Waals surface area (Å²) in [5, 5.41) is 3.55. The highest BCUT2D eigenvalue weighted by atomic mass is 16.5. The third-order valence-corrected chi connectivity index (χ3v) is 3.54. The van der Waals surface area contributed by atoms with E-state index < -0.39 is 0 Å². The molecule has 1 atom stereocenters. The average Bonchev–Trinajstić information content (AvgIpc) is 3.15. The zero-order chi connectivity index (χ0) is 12.4. The molecular formula is C15H21NO2. The Kier molecular flexibility index (Phi) is 3.31. The van der Waals surface area contributed by atoms with Gasteiger partial charge >= 0.3 is 0 Å². The topological polar surface area (TPSA) is 30.5 Å². The lowest BCUT2D eigenvalue weighted by molar-refractivity contribution is 0.297. The first kappa shape index (κ1) is 11.7. The number of rotatable bonds is 4. The maximum Gasteiger partial charge on any atom is 0.163 e. The van der Waals surface area contributed by atoms with Crippen molar-refractivity contribution in [1.29, 1.82) is 0 Å². The minimum absolute atomic E-state index is 0.530. The van der Waals surface area contributed by atoms with Crippen molar-refractivity contribution < 1.29 is 9.47 Å². The standard InChI is InChI=1S/C15H21NO2/c1-11(9-12-3-4-12)16-13-5-6-14-15(10-13)18-8-2-7-17-14/h5-6,10-12,16H,2-4,7-9H2,1H3. The van der Waals surface area contributed by atoms with Gasteiger partial charge in [0.1, 0.15) is 0 Å². The molecule has 1 fully saturated rings. The van der Waals surface area contributed by atoms with Crippen LogP contribution in [0.3, 0.4) is 0 Å². The summed E-state index contributed by atoms with van der Waals surface area (Å²) in [7, 11) is 0. The Balaban J connectivity index is 1.66. The fraction of sp³-hybridized carbons (Fsp3) is 0.600. The fourth-order valence-electron chi connectivity index (χ4n) is 2.45. The van der Waals surface area contributed by atoms with Crippen LogP contribution in [-0.2, 0) is 0 Å². The first-order chi connectivity index (χ1) is 8.81. The van der Waals surface area contributed by atoms with E-state index in [0.29, 0.717) is 6.04 Å². The number of ether oxygens (including phenoxy) is 2. The molecule has 1 aromatic carbocycles. The number of benzene rings is 1. The zero-order valence-electron chi connectivity index (χ0n) is 10.9. The van der Waals surface area contributed by atoms with E-state index in [2.05, 4.69) is 24.4 Å². The van der Waals surface area contributed by atoms with Gasteiger partial charge in [0.2, 0.25) is 0 Å². The van der Waals surface area contributed by atoms with E-state index in [-0.39, 0.29) is 0 Å². The van der Waals surface area contributed by atoms with Crippen LogP contribution in [0.5, 0.6) is 11.5 Å². The first-order valence-electron chi connectivity index (χ1n) is 6.97. The smallest absolute Gasteiger partial charge is 0.163 e. The molecule has 0 radical (unpaired) electrons. The van der Waals surface area contributed by atoms with Crippen molar-refractivity contribution >= 4 is 5.69 Å². The average molecular weight is 247 g/mol. The SMILES string of the molecule is CC(CC1CC1)Nc1ccc2c(c1)OCCCO2. The Hall–Kier alpha value is -1.38. The molecule has 1 aliphatic heterocycles. The van der Waals surface area contributed by atoms with Crippen LogP contribution in [-0.4, -0.2) is 19.3 Å². The largest absolute Gasteiger partial charge is 0.490 e. The Labute approximate surface area is 108 Å². The van der Waals surface area contributed by atoms with Gasteiger partial charge in [0.25, 0.3) is 0 Å². The van der Waals surface area contributed by atoms with Crippen LogP contribution in [0, 0.1) is 5.92 Å². The van der Waals surface area contributed by atoms with Gasteiger partial charge in [-0.3, -0.25) is 0 Å². The normalized spacial score (nSPS) is 20.1. The summed E-state index contributed by atoms with van der Waals surface area (Å²) >= 11 is 0. The van der Waals surface area contributed by atoms with Crippen LogP contribution in [0.1, 0.15) is 32.6 Å². The lowest BCUT2D eigenvalue weighted by atomic mass is 10.1. The highest BCUT2D eigenvalue weighted by Gasteiger charge is 2.23. The van der Waals surface area contributed by atoms with Crippen molar-refractivity contribution in [1.82, 2.24) is 0 Å². The number of hydrogen-bond acceptors (Lipinski definition) is 3. The predicted molar refractivity (Wildman–Crippen MR) is 72.5 cm³/mol.